The fourth-order valence-electron chi connectivity index (χ4n) is 1.70. The van der Waals surface area contributed by atoms with Crippen molar-refractivity contribution in [3.63, 3.8) is 0 Å². The number of esters is 1. The molecule has 0 aliphatic heterocycles. The molecule has 2 rings (SSSR count). The fraction of sp³-hybridized carbons (Fsp3) is 0.125. The topological polar surface area (TPSA) is 64.7 Å². The van der Waals surface area contributed by atoms with Gasteiger partial charge in [-0.15, -0.1) is 11.6 Å². The molecule has 0 bridgehead atoms. The number of nitrogens with zero attached hydrogens (tertiary/aromatic N) is 1. The minimum Gasteiger partial charge on any atom is -0.423 e. The van der Waals surface area contributed by atoms with Gasteiger partial charge in [0.1, 0.15) is 11.6 Å². The second kappa shape index (κ2) is 6.90. The smallest absolute Gasteiger partial charge is 0.345 e. The molecule has 0 aliphatic carbocycles. The van der Waals surface area contributed by atoms with Crippen LogP contribution < -0.4 is 10.5 Å². The Hall–Kier alpha value is -2.33. The second-order valence-corrected chi connectivity index (χ2v) is 4.72. The summed E-state index contributed by atoms with van der Waals surface area (Å²) in [6, 6.07) is 14.1. The number of rotatable bonds is 4. The molecule has 0 aromatic heterocycles. The molecule has 0 saturated carbocycles. The van der Waals surface area contributed by atoms with Crippen LogP contribution in [0, 0.1) is 6.92 Å². The summed E-state index contributed by atoms with van der Waals surface area (Å²) in [5.74, 6) is 0.337. The Kier molecular flexibility index (Phi) is 4.95. The van der Waals surface area contributed by atoms with Crippen molar-refractivity contribution >= 4 is 29.1 Å². The van der Waals surface area contributed by atoms with Crippen molar-refractivity contribution in [2.45, 2.75) is 6.92 Å². The van der Waals surface area contributed by atoms with Crippen molar-refractivity contribution < 1.29 is 9.53 Å². The van der Waals surface area contributed by atoms with Crippen molar-refractivity contribution in [2.24, 2.45) is 10.7 Å². The van der Waals surface area contributed by atoms with Gasteiger partial charge in [-0.25, -0.2) is 9.79 Å². The number of hydrogen-bond acceptors (Lipinski definition) is 3. The van der Waals surface area contributed by atoms with Crippen LogP contribution in [0.2, 0.25) is 0 Å². The lowest BCUT2D eigenvalue weighted by atomic mass is 10.2. The number of nitrogens with two attached hydrogens (primary N) is 1. The number of halogens is 1. The number of aryl methyl sites for hydroxylation is 1. The third kappa shape index (κ3) is 4.07. The number of ether oxygens (including phenoxy) is 1. The zero-order valence-corrected chi connectivity index (χ0v) is 12.3. The number of para-hydroxylation sites is 1. The van der Waals surface area contributed by atoms with Gasteiger partial charge in [-0.2, -0.15) is 0 Å². The minimum atomic E-state index is -0.486. The molecule has 0 atom stereocenters. The SMILES string of the molecule is Cc1ccc(OC(=O)c2ccccc2N=C(N)CCl)cc1. The van der Waals surface area contributed by atoms with E-state index in [0.717, 1.165) is 5.56 Å². The molecule has 0 saturated heterocycles. The molecular formula is C16H15ClN2O2. The van der Waals surface area contributed by atoms with Gasteiger partial charge in [0.25, 0.3) is 0 Å². The monoisotopic (exact) mass is 302 g/mol. The predicted octanol–water partition coefficient (Wildman–Crippen LogP) is 3.44. The summed E-state index contributed by atoms with van der Waals surface area (Å²) >= 11 is 5.61. The van der Waals surface area contributed by atoms with Crippen LogP contribution in [-0.4, -0.2) is 17.7 Å². The number of aliphatic imine (C=N–C) groups is 1. The van der Waals surface area contributed by atoms with Gasteiger partial charge in [0.15, 0.2) is 0 Å². The molecule has 5 heteroatoms. The molecule has 0 heterocycles. The quantitative estimate of drug-likeness (QED) is 0.309. The Morgan fingerprint density at radius 2 is 1.86 bits per heavy atom. The van der Waals surface area contributed by atoms with Crippen molar-refractivity contribution in [1.82, 2.24) is 0 Å². The molecule has 2 aromatic rings. The summed E-state index contributed by atoms with van der Waals surface area (Å²) in [7, 11) is 0. The Morgan fingerprint density at radius 3 is 2.52 bits per heavy atom. The van der Waals surface area contributed by atoms with E-state index in [-0.39, 0.29) is 11.7 Å². The van der Waals surface area contributed by atoms with Crippen LogP contribution in [0.5, 0.6) is 5.75 Å². The van der Waals surface area contributed by atoms with Crippen LogP contribution in [0.1, 0.15) is 15.9 Å². The van der Waals surface area contributed by atoms with E-state index in [2.05, 4.69) is 4.99 Å². The average molecular weight is 303 g/mol. The zero-order valence-electron chi connectivity index (χ0n) is 11.5. The van der Waals surface area contributed by atoms with E-state index in [0.29, 0.717) is 17.0 Å². The number of benzene rings is 2. The van der Waals surface area contributed by atoms with Gasteiger partial charge >= 0.3 is 5.97 Å². The van der Waals surface area contributed by atoms with E-state index in [1.54, 1.807) is 36.4 Å². The number of alkyl halides is 1. The van der Waals surface area contributed by atoms with Crippen LogP contribution in [0.3, 0.4) is 0 Å². The largest absolute Gasteiger partial charge is 0.423 e. The average Bonchev–Trinajstić information content (AvgIpc) is 2.50. The first kappa shape index (κ1) is 15.1. The molecule has 4 nitrogen and oxygen atoms in total. The molecule has 21 heavy (non-hydrogen) atoms. The Morgan fingerprint density at radius 1 is 1.19 bits per heavy atom. The van der Waals surface area contributed by atoms with Gasteiger partial charge in [0, 0.05) is 0 Å². The molecule has 0 radical (unpaired) electrons. The maximum Gasteiger partial charge on any atom is 0.345 e. The third-order valence-electron chi connectivity index (χ3n) is 2.76. The maximum atomic E-state index is 12.2. The van der Waals surface area contributed by atoms with Crippen LogP contribution >= 0.6 is 11.6 Å². The summed E-state index contributed by atoms with van der Waals surface area (Å²) in [5.41, 5.74) is 7.48. The standard InChI is InChI=1S/C16H15ClN2O2/c1-11-6-8-12(9-7-11)21-16(20)13-4-2-3-5-14(13)19-15(18)10-17/h2-9H,10H2,1H3,(H2,18,19). The highest BCUT2D eigenvalue weighted by Gasteiger charge is 2.13. The van der Waals surface area contributed by atoms with Gasteiger partial charge in [-0.1, -0.05) is 29.8 Å². The van der Waals surface area contributed by atoms with Gasteiger partial charge in [0.2, 0.25) is 0 Å². The summed E-state index contributed by atoms with van der Waals surface area (Å²) in [4.78, 5) is 16.3. The lowest BCUT2D eigenvalue weighted by Crippen LogP contribution is -2.14. The van der Waals surface area contributed by atoms with E-state index >= 15 is 0 Å². The van der Waals surface area contributed by atoms with Crippen LogP contribution in [0.4, 0.5) is 5.69 Å². The summed E-state index contributed by atoms with van der Waals surface area (Å²) < 4.78 is 5.33. The van der Waals surface area contributed by atoms with Gasteiger partial charge in [-0.3, -0.25) is 0 Å². The lowest BCUT2D eigenvalue weighted by molar-refractivity contribution is 0.0735. The second-order valence-electron chi connectivity index (χ2n) is 4.46. The van der Waals surface area contributed by atoms with Crippen molar-refractivity contribution in [3.05, 3.63) is 59.7 Å². The molecule has 108 valence electrons. The van der Waals surface area contributed by atoms with Crippen LogP contribution in [0.25, 0.3) is 0 Å². The third-order valence-corrected chi connectivity index (χ3v) is 3.03. The Labute approximate surface area is 128 Å². The van der Waals surface area contributed by atoms with E-state index in [1.807, 2.05) is 19.1 Å². The number of hydrogen-bond donors (Lipinski definition) is 1. The first-order chi connectivity index (χ1) is 10.1. The van der Waals surface area contributed by atoms with E-state index in [9.17, 15) is 4.79 Å². The molecule has 0 aliphatic rings. The summed E-state index contributed by atoms with van der Waals surface area (Å²) in [6.07, 6.45) is 0. The van der Waals surface area contributed by atoms with E-state index in [4.69, 9.17) is 22.1 Å². The van der Waals surface area contributed by atoms with Crippen LogP contribution in [-0.2, 0) is 0 Å². The van der Waals surface area contributed by atoms with Crippen LogP contribution in [0.15, 0.2) is 53.5 Å². The van der Waals surface area contributed by atoms with Gasteiger partial charge < -0.3 is 10.5 Å². The molecule has 0 unspecified atom stereocenters. The van der Waals surface area contributed by atoms with E-state index in [1.165, 1.54) is 0 Å². The number of carbonyl (C=O) groups is 1. The highest BCUT2D eigenvalue weighted by atomic mass is 35.5. The van der Waals surface area contributed by atoms with Crippen molar-refractivity contribution in [1.29, 1.82) is 0 Å². The highest BCUT2D eigenvalue weighted by molar-refractivity contribution is 6.28. The summed E-state index contributed by atoms with van der Waals surface area (Å²) in [6.45, 7) is 1.96. The van der Waals surface area contributed by atoms with Crippen molar-refractivity contribution in [3.8, 4) is 5.75 Å². The zero-order chi connectivity index (χ0) is 15.2. The molecule has 2 N–H and O–H groups in total. The molecule has 0 amide bonds. The Bertz CT molecular complexity index is 666. The van der Waals surface area contributed by atoms with Gasteiger partial charge in [-0.05, 0) is 31.2 Å². The molecule has 2 aromatic carbocycles. The summed E-state index contributed by atoms with van der Waals surface area (Å²) in [5, 5.41) is 0. The molecular weight excluding hydrogens is 288 g/mol. The first-order valence-electron chi connectivity index (χ1n) is 6.37. The number of carbonyl (C=O) groups excluding carboxylic acids is 1. The fourth-order valence-corrected chi connectivity index (χ4v) is 1.76. The normalized spacial score (nSPS) is 11.2. The predicted molar refractivity (Wildman–Crippen MR) is 84.6 cm³/mol. The minimum absolute atomic E-state index is 0.0986. The van der Waals surface area contributed by atoms with E-state index < -0.39 is 5.97 Å². The van der Waals surface area contributed by atoms with Crippen molar-refractivity contribution in [2.75, 3.05) is 5.88 Å². The molecule has 0 fully saturated rings. The first-order valence-corrected chi connectivity index (χ1v) is 6.90. The highest BCUT2D eigenvalue weighted by Crippen LogP contribution is 2.21. The lowest BCUT2D eigenvalue weighted by Gasteiger charge is -2.07. The molecule has 0 spiro atoms. The van der Waals surface area contributed by atoms with Gasteiger partial charge in [0.05, 0.1) is 17.1 Å². The number of amidine groups is 1. The Balaban J connectivity index is 2.25. The maximum absolute atomic E-state index is 12.2.